The number of benzene rings is 1. The van der Waals surface area contributed by atoms with Gasteiger partial charge in [0.25, 0.3) is 5.56 Å². The van der Waals surface area contributed by atoms with Crippen molar-refractivity contribution in [2.75, 3.05) is 0 Å². The maximum absolute atomic E-state index is 12.1. The summed E-state index contributed by atoms with van der Waals surface area (Å²) < 4.78 is 5.28. The van der Waals surface area contributed by atoms with Crippen molar-refractivity contribution >= 4 is 11.6 Å². The molecule has 0 saturated carbocycles. The van der Waals surface area contributed by atoms with Crippen LogP contribution in [-0.2, 0) is 0 Å². The average molecular weight is 297 g/mol. The molecule has 21 heavy (non-hydrogen) atoms. The molecule has 2 heterocycles. The highest BCUT2D eigenvalue weighted by Gasteiger charge is 2.13. The van der Waals surface area contributed by atoms with Gasteiger partial charge in [-0.2, -0.15) is 5.26 Å². The second-order valence-corrected chi connectivity index (χ2v) is 4.83. The molecule has 1 N–H and O–H groups in total. The Morgan fingerprint density at radius 1 is 1.19 bits per heavy atom. The maximum atomic E-state index is 12.1. The van der Waals surface area contributed by atoms with Crippen molar-refractivity contribution in [1.29, 1.82) is 5.26 Å². The predicted molar refractivity (Wildman–Crippen MR) is 79.9 cm³/mol. The summed E-state index contributed by atoms with van der Waals surface area (Å²) in [7, 11) is 0. The molecule has 0 fully saturated rings. The van der Waals surface area contributed by atoms with Crippen molar-refractivity contribution in [3.8, 4) is 28.7 Å². The number of halogens is 1. The third-order valence-corrected chi connectivity index (χ3v) is 3.34. The van der Waals surface area contributed by atoms with Crippen LogP contribution in [-0.4, -0.2) is 4.98 Å². The van der Waals surface area contributed by atoms with E-state index in [0.717, 1.165) is 5.56 Å². The summed E-state index contributed by atoms with van der Waals surface area (Å²) in [6.45, 7) is 0. The topological polar surface area (TPSA) is 69.8 Å². The van der Waals surface area contributed by atoms with E-state index in [9.17, 15) is 10.1 Å². The van der Waals surface area contributed by atoms with Crippen LogP contribution in [0, 0.1) is 11.3 Å². The second kappa shape index (κ2) is 5.31. The number of H-pyrrole nitrogens is 1. The summed E-state index contributed by atoms with van der Waals surface area (Å²) in [5.74, 6) is 0.534. The Morgan fingerprint density at radius 3 is 2.57 bits per heavy atom. The molecule has 0 bridgehead atoms. The molecule has 5 heteroatoms. The first-order chi connectivity index (χ1) is 10.2. The lowest BCUT2D eigenvalue weighted by molar-refractivity contribution is 0.580. The first-order valence-electron chi connectivity index (χ1n) is 6.16. The zero-order valence-corrected chi connectivity index (χ0v) is 11.5. The van der Waals surface area contributed by atoms with Gasteiger partial charge in [0.2, 0.25) is 0 Å². The van der Waals surface area contributed by atoms with Crippen LogP contribution in [0.2, 0.25) is 5.02 Å². The van der Waals surface area contributed by atoms with E-state index in [1.54, 1.807) is 42.5 Å². The lowest BCUT2D eigenvalue weighted by Crippen LogP contribution is -2.12. The summed E-state index contributed by atoms with van der Waals surface area (Å²) in [5.41, 5.74) is 1.43. The van der Waals surface area contributed by atoms with Crippen LogP contribution in [0.4, 0.5) is 0 Å². The van der Waals surface area contributed by atoms with Gasteiger partial charge in [0.15, 0.2) is 0 Å². The number of rotatable bonds is 2. The minimum atomic E-state index is -0.448. The largest absolute Gasteiger partial charge is 0.463 e. The van der Waals surface area contributed by atoms with Gasteiger partial charge in [0.05, 0.1) is 12.0 Å². The summed E-state index contributed by atoms with van der Waals surface area (Å²) >= 11 is 5.87. The van der Waals surface area contributed by atoms with Gasteiger partial charge in [-0.05, 0) is 35.9 Å². The number of hydrogen-bond donors (Lipinski definition) is 1. The van der Waals surface area contributed by atoms with Crippen LogP contribution >= 0.6 is 11.6 Å². The van der Waals surface area contributed by atoms with Crippen molar-refractivity contribution in [1.82, 2.24) is 4.98 Å². The Bertz CT molecular complexity index is 872. The second-order valence-electron chi connectivity index (χ2n) is 4.40. The fourth-order valence-electron chi connectivity index (χ4n) is 2.09. The number of aromatic amines is 1. The standard InChI is InChI=1S/C16H9ClN2O2/c17-11-5-3-10(4-6-11)12-8-14(15-2-1-7-21-15)19-16(20)13(12)9-18/h1-8H,(H,19,20). The predicted octanol–water partition coefficient (Wildman–Crippen LogP) is 3.83. The van der Waals surface area contributed by atoms with Gasteiger partial charge < -0.3 is 9.40 Å². The number of nitriles is 1. The van der Waals surface area contributed by atoms with Crippen molar-refractivity contribution in [3.63, 3.8) is 0 Å². The molecule has 0 aliphatic rings. The Kier molecular flexibility index (Phi) is 3.35. The van der Waals surface area contributed by atoms with Crippen LogP contribution < -0.4 is 5.56 Å². The van der Waals surface area contributed by atoms with Crippen LogP contribution in [0.3, 0.4) is 0 Å². The summed E-state index contributed by atoms with van der Waals surface area (Å²) in [6.07, 6.45) is 1.52. The van der Waals surface area contributed by atoms with E-state index in [0.29, 0.717) is 22.0 Å². The molecule has 0 aliphatic carbocycles. The van der Waals surface area contributed by atoms with Crippen molar-refractivity contribution < 1.29 is 4.42 Å². The van der Waals surface area contributed by atoms with Gasteiger partial charge in [-0.25, -0.2) is 0 Å². The van der Waals surface area contributed by atoms with Crippen LogP contribution in [0.15, 0.2) is 57.9 Å². The quantitative estimate of drug-likeness (QED) is 0.781. The van der Waals surface area contributed by atoms with E-state index < -0.39 is 5.56 Å². The van der Waals surface area contributed by atoms with Gasteiger partial charge in [-0.3, -0.25) is 4.79 Å². The van der Waals surface area contributed by atoms with E-state index in [-0.39, 0.29) is 5.56 Å². The molecular formula is C16H9ClN2O2. The maximum Gasteiger partial charge on any atom is 0.267 e. The van der Waals surface area contributed by atoms with Crippen molar-refractivity contribution in [2.24, 2.45) is 0 Å². The molecule has 0 saturated heterocycles. The van der Waals surface area contributed by atoms with E-state index >= 15 is 0 Å². The van der Waals surface area contributed by atoms with Crippen molar-refractivity contribution in [3.05, 3.63) is 69.7 Å². The smallest absolute Gasteiger partial charge is 0.267 e. The minimum Gasteiger partial charge on any atom is -0.463 e. The van der Waals surface area contributed by atoms with Crippen LogP contribution in [0.1, 0.15) is 5.56 Å². The lowest BCUT2D eigenvalue weighted by Gasteiger charge is -2.06. The van der Waals surface area contributed by atoms with E-state index in [2.05, 4.69) is 4.98 Å². The number of aromatic nitrogens is 1. The number of hydrogen-bond acceptors (Lipinski definition) is 3. The average Bonchev–Trinajstić information content (AvgIpc) is 3.01. The third kappa shape index (κ3) is 2.47. The lowest BCUT2D eigenvalue weighted by atomic mass is 10.0. The van der Waals surface area contributed by atoms with Gasteiger partial charge in [-0.15, -0.1) is 0 Å². The third-order valence-electron chi connectivity index (χ3n) is 3.09. The SMILES string of the molecule is N#Cc1c(-c2ccc(Cl)cc2)cc(-c2ccco2)[nH]c1=O. The number of nitrogens with zero attached hydrogens (tertiary/aromatic N) is 1. The highest BCUT2D eigenvalue weighted by Crippen LogP contribution is 2.27. The molecule has 0 atom stereocenters. The van der Waals surface area contributed by atoms with Gasteiger partial charge >= 0.3 is 0 Å². The number of nitrogens with one attached hydrogen (secondary N) is 1. The molecule has 0 unspecified atom stereocenters. The minimum absolute atomic E-state index is 0.0626. The fourth-order valence-corrected chi connectivity index (χ4v) is 2.22. The Labute approximate surface area is 125 Å². The van der Waals surface area contributed by atoms with E-state index in [1.165, 1.54) is 6.26 Å². The van der Waals surface area contributed by atoms with E-state index in [1.807, 2.05) is 6.07 Å². The monoisotopic (exact) mass is 296 g/mol. The summed E-state index contributed by atoms with van der Waals surface area (Å²) in [6, 6.07) is 14.1. The molecular weight excluding hydrogens is 288 g/mol. The van der Waals surface area contributed by atoms with Crippen molar-refractivity contribution in [2.45, 2.75) is 0 Å². The zero-order valence-electron chi connectivity index (χ0n) is 10.8. The molecule has 102 valence electrons. The van der Waals surface area contributed by atoms with Gasteiger partial charge in [0, 0.05) is 10.6 Å². The first kappa shape index (κ1) is 13.2. The van der Waals surface area contributed by atoms with Gasteiger partial charge in [-0.1, -0.05) is 23.7 Å². The molecule has 0 aliphatic heterocycles. The highest BCUT2D eigenvalue weighted by molar-refractivity contribution is 6.30. The molecule has 3 aromatic rings. The molecule has 1 aromatic carbocycles. The zero-order chi connectivity index (χ0) is 14.8. The Hall–Kier alpha value is -2.77. The highest BCUT2D eigenvalue weighted by atomic mass is 35.5. The molecule has 4 nitrogen and oxygen atoms in total. The molecule has 3 rings (SSSR count). The summed E-state index contributed by atoms with van der Waals surface area (Å²) in [4.78, 5) is 14.7. The van der Waals surface area contributed by atoms with E-state index in [4.69, 9.17) is 16.0 Å². The first-order valence-corrected chi connectivity index (χ1v) is 6.54. The molecule has 0 amide bonds. The van der Waals surface area contributed by atoms with Crippen LogP contribution in [0.5, 0.6) is 0 Å². The van der Waals surface area contributed by atoms with Gasteiger partial charge in [0.1, 0.15) is 17.4 Å². The molecule has 0 radical (unpaired) electrons. The summed E-state index contributed by atoms with van der Waals surface area (Å²) in [5, 5.41) is 9.81. The normalized spacial score (nSPS) is 10.3. The fraction of sp³-hybridized carbons (Fsp3) is 0. The Morgan fingerprint density at radius 2 is 1.95 bits per heavy atom. The number of furan rings is 1. The molecule has 0 spiro atoms. The molecule has 2 aromatic heterocycles. The van der Waals surface area contributed by atoms with Crippen LogP contribution in [0.25, 0.3) is 22.6 Å². The number of pyridine rings is 1. The Balaban J connectivity index is 2.25.